The lowest BCUT2D eigenvalue weighted by Crippen LogP contribution is -2.19. The Morgan fingerprint density at radius 2 is 2.00 bits per heavy atom. The van der Waals surface area contributed by atoms with Gasteiger partial charge in [-0.15, -0.1) is 10.2 Å². The monoisotopic (exact) mass is 284 g/mol. The summed E-state index contributed by atoms with van der Waals surface area (Å²) in [4.78, 5) is 0. The fourth-order valence-corrected chi connectivity index (χ4v) is 3.18. The molecule has 0 radical (unpaired) electrons. The molecule has 2 aromatic rings. The molecule has 0 saturated heterocycles. The average Bonchev–Trinajstić information content (AvgIpc) is 2.80. The van der Waals surface area contributed by atoms with Gasteiger partial charge in [0.1, 0.15) is 6.33 Å². The molecule has 21 heavy (non-hydrogen) atoms. The molecule has 2 atom stereocenters. The maximum Gasteiger partial charge on any atom is 0.165 e. The Hall–Kier alpha value is -1.84. The summed E-state index contributed by atoms with van der Waals surface area (Å²) in [6, 6.07) is 8.99. The van der Waals surface area contributed by atoms with Gasteiger partial charge in [-0.1, -0.05) is 31.9 Å². The molecule has 1 aliphatic rings. The van der Waals surface area contributed by atoms with Crippen molar-refractivity contribution < 1.29 is 0 Å². The first-order valence-electron chi connectivity index (χ1n) is 7.94. The quantitative estimate of drug-likeness (QED) is 0.870. The molecule has 0 amide bonds. The van der Waals surface area contributed by atoms with Crippen LogP contribution in [0.1, 0.15) is 39.0 Å². The highest BCUT2D eigenvalue weighted by Crippen LogP contribution is 2.30. The van der Waals surface area contributed by atoms with Crippen LogP contribution in [0.4, 0.5) is 5.69 Å². The van der Waals surface area contributed by atoms with E-state index in [1.807, 2.05) is 11.6 Å². The number of aryl methyl sites for hydroxylation is 1. The van der Waals surface area contributed by atoms with Crippen molar-refractivity contribution in [3.8, 4) is 11.4 Å². The number of nitrogens with one attached hydrogen (secondary N) is 1. The van der Waals surface area contributed by atoms with Gasteiger partial charge in [0.2, 0.25) is 0 Å². The van der Waals surface area contributed by atoms with Crippen molar-refractivity contribution in [2.24, 2.45) is 13.0 Å². The van der Waals surface area contributed by atoms with Gasteiger partial charge in [-0.3, -0.25) is 0 Å². The van der Waals surface area contributed by atoms with Gasteiger partial charge in [-0.05, 0) is 37.3 Å². The average molecular weight is 284 g/mol. The molecule has 1 aromatic carbocycles. The molecular formula is C17H24N4. The molecule has 0 aliphatic heterocycles. The van der Waals surface area contributed by atoms with E-state index in [9.17, 15) is 0 Å². The standard InChI is InChI=1S/C17H24N4/c1-13-6-5-7-14(11-10-13)19-16-9-4-3-8-15(16)17-20-18-12-21(17)2/h3-4,8-9,12-14,19H,5-7,10-11H2,1-2H3. The van der Waals surface area contributed by atoms with Crippen molar-refractivity contribution in [2.45, 2.75) is 45.1 Å². The first-order chi connectivity index (χ1) is 10.2. The summed E-state index contributed by atoms with van der Waals surface area (Å²) in [6.07, 6.45) is 8.28. The molecule has 1 aromatic heterocycles. The van der Waals surface area contributed by atoms with Gasteiger partial charge >= 0.3 is 0 Å². The van der Waals surface area contributed by atoms with E-state index < -0.39 is 0 Å². The van der Waals surface area contributed by atoms with Gasteiger partial charge in [0, 0.05) is 24.3 Å². The number of benzene rings is 1. The van der Waals surface area contributed by atoms with Crippen LogP contribution in [0, 0.1) is 5.92 Å². The molecule has 0 bridgehead atoms. The Bertz CT molecular complexity index is 590. The Balaban J connectivity index is 1.81. The third-order valence-electron chi connectivity index (χ3n) is 4.50. The minimum Gasteiger partial charge on any atom is -0.382 e. The van der Waals surface area contributed by atoms with Gasteiger partial charge in [0.25, 0.3) is 0 Å². The van der Waals surface area contributed by atoms with E-state index in [0.717, 1.165) is 17.3 Å². The van der Waals surface area contributed by atoms with Crippen LogP contribution in [0.2, 0.25) is 0 Å². The number of para-hydroxylation sites is 1. The lowest BCUT2D eigenvalue weighted by Gasteiger charge is -2.20. The van der Waals surface area contributed by atoms with Crippen molar-refractivity contribution >= 4 is 5.69 Å². The second-order valence-electron chi connectivity index (χ2n) is 6.27. The van der Waals surface area contributed by atoms with Crippen LogP contribution in [0.25, 0.3) is 11.4 Å². The predicted octanol–water partition coefficient (Wildman–Crippen LogP) is 3.86. The summed E-state index contributed by atoms with van der Waals surface area (Å²) in [5, 5.41) is 12.0. The molecule has 1 N–H and O–H groups in total. The molecular weight excluding hydrogens is 260 g/mol. The SMILES string of the molecule is CC1CCCC(Nc2ccccc2-c2nncn2C)CC1. The lowest BCUT2D eigenvalue weighted by atomic mass is 10.0. The van der Waals surface area contributed by atoms with Crippen molar-refractivity contribution in [1.29, 1.82) is 0 Å². The zero-order valence-corrected chi connectivity index (χ0v) is 12.9. The highest BCUT2D eigenvalue weighted by Gasteiger charge is 2.18. The fourth-order valence-electron chi connectivity index (χ4n) is 3.18. The summed E-state index contributed by atoms with van der Waals surface area (Å²) in [6.45, 7) is 2.37. The fraction of sp³-hybridized carbons (Fsp3) is 0.529. The third kappa shape index (κ3) is 3.26. The Kier molecular flexibility index (Phi) is 4.23. The maximum absolute atomic E-state index is 4.24. The number of nitrogens with zero attached hydrogens (tertiary/aromatic N) is 3. The molecule has 1 fully saturated rings. The third-order valence-corrected chi connectivity index (χ3v) is 4.50. The van der Waals surface area contributed by atoms with Gasteiger partial charge in [0.15, 0.2) is 5.82 Å². The number of hydrogen-bond acceptors (Lipinski definition) is 3. The Labute approximate surface area is 126 Å². The maximum atomic E-state index is 4.24. The normalized spacial score (nSPS) is 22.8. The molecule has 4 heteroatoms. The first kappa shape index (κ1) is 14.1. The molecule has 0 spiro atoms. The van der Waals surface area contributed by atoms with Crippen LogP contribution < -0.4 is 5.32 Å². The highest BCUT2D eigenvalue weighted by atomic mass is 15.2. The van der Waals surface area contributed by atoms with E-state index in [2.05, 4.69) is 46.7 Å². The minimum atomic E-state index is 0.573. The van der Waals surface area contributed by atoms with E-state index >= 15 is 0 Å². The predicted molar refractivity (Wildman–Crippen MR) is 86.1 cm³/mol. The molecule has 1 saturated carbocycles. The summed E-state index contributed by atoms with van der Waals surface area (Å²) < 4.78 is 1.97. The van der Waals surface area contributed by atoms with Crippen LogP contribution in [0.5, 0.6) is 0 Å². The van der Waals surface area contributed by atoms with Crippen molar-refractivity contribution in [3.63, 3.8) is 0 Å². The van der Waals surface area contributed by atoms with Crippen LogP contribution in [-0.2, 0) is 7.05 Å². The molecule has 1 heterocycles. The van der Waals surface area contributed by atoms with E-state index in [1.54, 1.807) is 6.33 Å². The van der Waals surface area contributed by atoms with Crippen LogP contribution in [0.3, 0.4) is 0 Å². The van der Waals surface area contributed by atoms with E-state index in [1.165, 1.54) is 37.8 Å². The number of anilines is 1. The van der Waals surface area contributed by atoms with Crippen LogP contribution >= 0.6 is 0 Å². The van der Waals surface area contributed by atoms with Crippen LogP contribution in [-0.4, -0.2) is 20.8 Å². The smallest absolute Gasteiger partial charge is 0.165 e. The molecule has 4 nitrogen and oxygen atoms in total. The summed E-state index contributed by atoms with van der Waals surface area (Å²) in [7, 11) is 1.99. The Morgan fingerprint density at radius 3 is 2.81 bits per heavy atom. The molecule has 1 aliphatic carbocycles. The van der Waals surface area contributed by atoms with Crippen molar-refractivity contribution in [1.82, 2.24) is 14.8 Å². The number of rotatable bonds is 3. The zero-order valence-electron chi connectivity index (χ0n) is 12.9. The van der Waals surface area contributed by atoms with Crippen molar-refractivity contribution in [2.75, 3.05) is 5.32 Å². The van der Waals surface area contributed by atoms with E-state index in [4.69, 9.17) is 0 Å². The van der Waals surface area contributed by atoms with Gasteiger partial charge < -0.3 is 9.88 Å². The first-order valence-corrected chi connectivity index (χ1v) is 7.94. The zero-order chi connectivity index (χ0) is 14.7. The van der Waals surface area contributed by atoms with Gasteiger partial charge in [-0.25, -0.2) is 0 Å². The van der Waals surface area contributed by atoms with Gasteiger partial charge in [-0.2, -0.15) is 0 Å². The van der Waals surface area contributed by atoms with E-state index in [0.29, 0.717) is 6.04 Å². The van der Waals surface area contributed by atoms with Crippen LogP contribution in [0.15, 0.2) is 30.6 Å². The van der Waals surface area contributed by atoms with E-state index in [-0.39, 0.29) is 0 Å². The summed E-state index contributed by atoms with van der Waals surface area (Å²) in [5.74, 6) is 1.78. The molecule has 2 unspecified atom stereocenters. The minimum absolute atomic E-state index is 0.573. The second kappa shape index (κ2) is 6.29. The van der Waals surface area contributed by atoms with Gasteiger partial charge in [0.05, 0.1) is 0 Å². The molecule has 3 rings (SSSR count). The van der Waals surface area contributed by atoms with Crippen molar-refractivity contribution in [3.05, 3.63) is 30.6 Å². The Morgan fingerprint density at radius 1 is 1.14 bits per heavy atom. The lowest BCUT2D eigenvalue weighted by molar-refractivity contribution is 0.502. The summed E-state index contributed by atoms with van der Waals surface area (Å²) in [5.41, 5.74) is 2.31. The highest BCUT2D eigenvalue weighted by molar-refractivity contribution is 5.73. The number of aromatic nitrogens is 3. The number of hydrogen-bond donors (Lipinski definition) is 1. The molecule has 112 valence electrons. The topological polar surface area (TPSA) is 42.7 Å². The summed E-state index contributed by atoms with van der Waals surface area (Å²) >= 11 is 0. The largest absolute Gasteiger partial charge is 0.382 e. The second-order valence-corrected chi connectivity index (χ2v) is 6.27.